The van der Waals surface area contributed by atoms with Gasteiger partial charge in [-0.2, -0.15) is 0 Å². The van der Waals surface area contributed by atoms with Crippen LogP contribution >= 0.6 is 11.3 Å². The predicted octanol–water partition coefficient (Wildman–Crippen LogP) is 3.35. The number of methoxy groups -OCH3 is 2. The van der Waals surface area contributed by atoms with E-state index in [4.69, 9.17) is 19.2 Å². The summed E-state index contributed by atoms with van der Waals surface area (Å²) in [5.41, 5.74) is 2.60. The van der Waals surface area contributed by atoms with Gasteiger partial charge in [-0.3, -0.25) is 14.3 Å². The number of rotatable bonds is 7. The Bertz CT molecular complexity index is 1690. The average molecular weight is 528 g/mol. The Morgan fingerprint density at radius 1 is 1.05 bits per heavy atom. The van der Waals surface area contributed by atoms with Crippen LogP contribution < -0.4 is 24.4 Å². The van der Waals surface area contributed by atoms with E-state index in [1.165, 1.54) is 18.4 Å². The highest BCUT2D eigenvalue weighted by Gasteiger charge is 2.36. The molecule has 0 unspecified atom stereocenters. The van der Waals surface area contributed by atoms with Crippen LogP contribution in [0.3, 0.4) is 0 Å². The van der Waals surface area contributed by atoms with Gasteiger partial charge in [0.2, 0.25) is 0 Å². The van der Waals surface area contributed by atoms with Crippen LogP contribution in [0.2, 0.25) is 0 Å². The van der Waals surface area contributed by atoms with E-state index in [2.05, 4.69) is 4.98 Å². The van der Waals surface area contributed by atoms with Crippen molar-refractivity contribution < 1.29 is 19.0 Å². The van der Waals surface area contributed by atoms with Gasteiger partial charge in [0.05, 0.1) is 36.6 Å². The molecule has 9 heteroatoms. The van der Waals surface area contributed by atoms with Crippen molar-refractivity contribution in [2.45, 2.75) is 13.0 Å². The lowest BCUT2D eigenvalue weighted by Gasteiger charge is -2.27. The molecule has 2 aromatic heterocycles. The summed E-state index contributed by atoms with van der Waals surface area (Å²) in [7, 11) is 3.10. The molecule has 0 fully saturated rings. The fraction of sp³-hybridized carbons (Fsp3) is 0.172. The zero-order chi connectivity index (χ0) is 26.6. The highest BCUT2D eigenvalue weighted by atomic mass is 32.1. The number of benzene rings is 2. The number of aromatic nitrogens is 2. The van der Waals surface area contributed by atoms with Crippen LogP contribution in [0.5, 0.6) is 11.5 Å². The molecule has 0 aliphatic carbocycles. The molecular formula is C29H25N3O5S. The van der Waals surface area contributed by atoms with Crippen LogP contribution in [0.25, 0.3) is 11.8 Å². The number of ether oxygens (including phenoxy) is 3. The van der Waals surface area contributed by atoms with Crippen molar-refractivity contribution in [2.24, 2.45) is 4.99 Å². The molecule has 0 saturated heterocycles. The summed E-state index contributed by atoms with van der Waals surface area (Å²) in [5.74, 6) is 0.496. The van der Waals surface area contributed by atoms with Crippen LogP contribution in [0.1, 0.15) is 29.7 Å². The minimum absolute atomic E-state index is 0.170. The van der Waals surface area contributed by atoms with Crippen molar-refractivity contribution in [2.75, 3.05) is 20.8 Å². The molecule has 38 heavy (non-hydrogen) atoms. The van der Waals surface area contributed by atoms with Crippen LogP contribution in [0, 0.1) is 0 Å². The Labute approximate surface area is 222 Å². The smallest absolute Gasteiger partial charge is 0.338 e. The molecule has 0 radical (unpaired) electrons. The highest BCUT2D eigenvalue weighted by Crippen LogP contribution is 2.40. The zero-order valence-corrected chi connectivity index (χ0v) is 21.9. The zero-order valence-electron chi connectivity index (χ0n) is 21.1. The summed E-state index contributed by atoms with van der Waals surface area (Å²) >= 11 is 1.26. The number of carbonyl (C=O) groups excluding carboxylic acids is 1. The van der Waals surface area contributed by atoms with E-state index in [9.17, 15) is 9.59 Å². The van der Waals surface area contributed by atoms with Gasteiger partial charge in [0.15, 0.2) is 4.80 Å². The normalized spacial score (nSPS) is 15.0. The molecule has 8 nitrogen and oxygen atoms in total. The SMILES string of the molecule is CCOC(=O)C1=C(c2ccccc2)N=c2s/c(=C\c3ccncc3)c(=O)n2[C@H]1c1ccc(OC)cc1OC. The largest absolute Gasteiger partial charge is 0.497 e. The van der Waals surface area contributed by atoms with E-state index in [1.54, 1.807) is 55.3 Å². The number of thiazole rings is 1. The number of hydrogen-bond acceptors (Lipinski definition) is 8. The minimum Gasteiger partial charge on any atom is -0.497 e. The van der Waals surface area contributed by atoms with Gasteiger partial charge >= 0.3 is 5.97 Å². The second kappa shape index (κ2) is 10.9. The highest BCUT2D eigenvalue weighted by molar-refractivity contribution is 7.07. The lowest BCUT2D eigenvalue weighted by atomic mass is 9.92. The molecule has 192 valence electrons. The molecule has 1 aliphatic heterocycles. The maximum atomic E-state index is 13.9. The van der Waals surface area contributed by atoms with E-state index in [-0.39, 0.29) is 17.7 Å². The van der Waals surface area contributed by atoms with Crippen molar-refractivity contribution in [1.82, 2.24) is 9.55 Å². The second-order valence-electron chi connectivity index (χ2n) is 8.32. The number of fused-ring (bicyclic) bond motifs is 1. The third-order valence-corrected chi connectivity index (χ3v) is 7.10. The Morgan fingerprint density at radius 3 is 2.50 bits per heavy atom. The van der Waals surface area contributed by atoms with E-state index < -0.39 is 12.0 Å². The molecule has 5 rings (SSSR count). The molecule has 0 amide bonds. The third kappa shape index (κ3) is 4.64. The van der Waals surface area contributed by atoms with Crippen LogP contribution in [0.15, 0.2) is 88.4 Å². The minimum atomic E-state index is -0.846. The van der Waals surface area contributed by atoms with Crippen molar-refractivity contribution in [3.05, 3.63) is 115 Å². The number of nitrogens with zero attached hydrogens (tertiary/aromatic N) is 3. The number of carbonyl (C=O) groups is 1. The molecule has 1 aliphatic rings. The number of pyridine rings is 1. The van der Waals surface area contributed by atoms with Gasteiger partial charge in [0.25, 0.3) is 5.56 Å². The van der Waals surface area contributed by atoms with Crippen LogP contribution in [-0.4, -0.2) is 36.3 Å². The summed E-state index contributed by atoms with van der Waals surface area (Å²) in [5, 5.41) is 0. The van der Waals surface area contributed by atoms with E-state index >= 15 is 0 Å². The fourth-order valence-corrected chi connectivity index (χ4v) is 5.39. The van der Waals surface area contributed by atoms with Crippen molar-refractivity contribution in [3.8, 4) is 11.5 Å². The average Bonchev–Trinajstić information content (AvgIpc) is 3.27. The molecule has 2 aromatic carbocycles. The standard InChI is InChI=1S/C29H25N3O5S/c1-4-37-28(34)24-25(19-8-6-5-7-9-19)31-29-32(26(24)21-11-10-20(35-2)17-22(21)36-3)27(33)23(38-29)16-18-12-14-30-15-13-18/h5-17,26H,4H2,1-3H3/b23-16-/t26-/m0/s1. The maximum absolute atomic E-state index is 13.9. The molecule has 0 spiro atoms. The molecule has 1 atom stereocenters. The molecule has 3 heterocycles. The van der Waals surface area contributed by atoms with Gasteiger partial charge < -0.3 is 14.2 Å². The predicted molar refractivity (Wildman–Crippen MR) is 145 cm³/mol. The first-order chi connectivity index (χ1) is 18.5. The quantitative estimate of drug-likeness (QED) is 0.343. The van der Waals surface area contributed by atoms with Crippen molar-refractivity contribution in [3.63, 3.8) is 0 Å². The maximum Gasteiger partial charge on any atom is 0.338 e. The number of esters is 1. The lowest BCUT2D eigenvalue weighted by molar-refractivity contribution is -0.138. The first-order valence-electron chi connectivity index (χ1n) is 12.0. The lowest BCUT2D eigenvalue weighted by Crippen LogP contribution is -2.40. The van der Waals surface area contributed by atoms with Gasteiger partial charge in [-0.15, -0.1) is 0 Å². The van der Waals surface area contributed by atoms with Crippen LogP contribution in [-0.2, 0) is 9.53 Å². The summed E-state index contributed by atoms with van der Waals surface area (Å²) in [6.45, 7) is 1.91. The van der Waals surface area contributed by atoms with E-state index in [0.29, 0.717) is 32.1 Å². The summed E-state index contributed by atoms with van der Waals surface area (Å²) < 4.78 is 18.6. The van der Waals surface area contributed by atoms with E-state index in [1.807, 2.05) is 42.5 Å². The summed E-state index contributed by atoms with van der Waals surface area (Å²) in [6, 6.07) is 17.5. The van der Waals surface area contributed by atoms with Crippen LogP contribution in [0.4, 0.5) is 0 Å². The summed E-state index contributed by atoms with van der Waals surface area (Å²) in [6.07, 6.45) is 5.13. The first-order valence-corrected chi connectivity index (χ1v) is 12.8. The first kappa shape index (κ1) is 25.2. The molecule has 4 aromatic rings. The molecule has 0 bridgehead atoms. The fourth-order valence-electron chi connectivity index (χ4n) is 4.39. The topological polar surface area (TPSA) is 92.0 Å². The molecular weight excluding hydrogens is 502 g/mol. The number of hydrogen-bond donors (Lipinski definition) is 0. The van der Waals surface area contributed by atoms with Gasteiger partial charge in [0, 0.05) is 29.6 Å². The molecule has 0 saturated carbocycles. The Morgan fingerprint density at radius 2 is 1.82 bits per heavy atom. The van der Waals surface area contributed by atoms with E-state index in [0.717, 1.165) is 11.1 Å². The molecule has 0 N–H and O–H groups in total. The van der Waals surface area contributed by atoms with Gasteiger partial charge in [-0.05, 0) is 42.8 Å². The Hall–Kier alpha value is -4.50. The van der Waals surface area contributed by atoms with Gasteiger partial charge in [0.1, 0.15) is 17.5 Å². The van der Waals surface area contributed by atoms with Gasteiger partial charge in [-0.25, -0.2) is 9.79 Å². The summed E-state index contributed by atoms with van der Waals surface area (Å²) in [4.78, 5) is 36.9. The van der Waals surface area contributed by atoms with Gasteiger partial charge in [-0.1, -0.05) is 41.7 Å². The van der Waals surface area contributed by atoms with Crippen molar-refractivity contribution in [1.29, 1.82) is 0 Å². The Balaban J connectivity index is 1.87. The Kier molecular flexibility index (Phi) is 7.19. The second-order valence-corrected chi connectivity index (χ2v) is 9.33. The monoisotopic (exact) mass is 527 g/mol. The third-order valence-electron chi connectivity index (χ3n) is 6.11. The van der Waals surface area contributed by atoms with Crippen molar-refractivity contribution >= 4 is 29.1 Å².